The summed E-state index contributed by atoms with van der Waals surface area (Å²) in [4.78, 5) is 12.7. The Labute approximate surface area is 112 Å². The molecular formula is C18H14O. The Kier molecular flexibility index (Phi) is 1.66. The van der Waals surface area contributed by atoms with E-state index in [2.05, 4.69) is 36.4 Å². The lowest BCUT2D eigenvalue weighted by atomic mass is 9.76. The minimum atomic E-state index is 0.220. The molecule has 5 rings (SSSR count). The quantitative estimate of drug-likeness (QED) is 0.689. The minimum absolute atomic E-state index is 0.220. The van der Waals surface area contributed by atoms with Gasteiger partial charge in [0.15, 0.2) is 5.78 Å². The topological polar surface area (TPSA) is 17.1 Å². The van der Waals surface area contributed by atoms with Crippen LogP contribution in [0.4, 0.5) is 0 Å². The highest BCUT2D eigenvalue weighted by atomic mass is 16.1. The van der Waals surface area contributed by atoms with Gasteiger partial charge in [-0.2, -0.15) is 0 Å². The molecule has 2 aromatic rings. The molecule has 2 aromatic carbocycles. The Bertz CT molecular complexity index is 715. The summed E-state index contributed by atoms with van der Waals surface area (Å²) in [5, 5.41) is 0. The molecule has 4 atom stereocenters. The maximum absolute atomic E-state index is 12.7. The SMILES string of the molecule is O=C1c2ccccc2C2C1[C@H]1C[C@@H]2c2ccccc21. The smallest absolute Gasteiger partial charge is 0.167 e. The third-order valence-electron chi connectivity index (χ3n) is 5.44. The summed E-state index contributed by atoms with van der Waals surface area (Å²) in [5.74, 6) is 2.09. The third-order valence-corrected chi connectivity index (χ3v) is 5.44. The number of fused-ring (bicyclic) bond motifs is 10. The van der Waals surface area contributed by atoms with Crippen LogP contribution in [0.15, 0.2) is 48.5 Å². The zero-order chi connectivity index (χ0) is 12.6. The molecule has 92 valence electrons. The molecule has 0 N–H and O–H groups in total. The van der Waals surface area contributed by atoms with Crippen molar-refractivity contribution in [3.63, 3.8) is 0 Å². The van der Waals surface area contributed by atoms with Crippen molar-refractivity contribution in [3.05, 3.63) is 70.8 Å². The molecule has 1 heteroatoms. The first-order valence-electron chi connectivity index (χ1n) is 7.08. The molecular weight excluding hydrogens is 232 g/mol. The second kappa shape index (κ2) is 3.16. The van der Waals surface area contributed by atoms with Crippen LogP contribution in [0.25, 0.3) is 0 Å². The molecule has 1 fully saturated rings. The predicted molar refractivity (Wildman–Crippen MR) is 73.5 cm³/mol. The number of hydrogen-bond acceptors (Lipinski definition) is 1. The molecule has 3 aliphatic rings. The standard InChI is InChI=1S/C18H14O/c19-18-13-8-4-3-7-12(13)16-14-9-15(17(16)18)11-6-2-1-5-10(11)14/h1-8,14-17H,9H2/t14-,15+,16?,17?/m1/s1. The lowest BCUT2D eigenvalue weighted by Crippen LogP contribution is -2.20. The Morgan fingerprint density at radius 3 is 2.05 bits per heavy atom. The number of Topliss-reactive ketones (excluding diaryl/α,β-unsaturated/α-hetero) is 1. The van der Waals surface area contributed by atoms with E-state index in [0.717, 1.165) is 5.56 Å². The van der Waals surface area contributed by atoms with Crippen LogP contribution >= 0.6 is 0 Å². The molecule has 1 saturated carbocycles. The summed E-state index contributed by atoms with van der Waals surface area (Å²) >= 11 is 0. The number of rotatable bonds is 0. The number of carbonyl (C=O) groups is 1. The molecule has 0 spiro atoms. The fourth-order valence-corrected chi connectivity index (χ4v) is 4.84. The number of benzene rings is 2. The minimum Gasteiger partial charge on any atom is -0.294 e. The van der Waals surface area contributed by atoms with Crippen molar-refractivity contribution in [1.82, 2.24) is 0 Å². The first-order valence-corrected chi connectivity index (χ1v) is 7.08. The summed E-state index contributed by atoms with van der Waals surface area (Å²) in [7, 11) is 0. The van der Waals surface area contributed by atoms with E-state index in [4.69, 9.17) is 0 Å². The summed E-state index contributed by atoms with van der Waals surface area (Å²) in [6.45, 7) is 0. The van der Waals surface area contributed by atoms with Crippen molar-refractivity contribution < 1.29 is 4.79 Å². The van der Waals surface area contributed by atoms with Crippen molar-refractivity contribution in [3.8, 4) is 0 Å². The first kappa shape index (κ1) is 9.96. The van der Waals surface area contributed by atoms with Gasteiger partial charge < -0.3 is 0 Å². The van der Waals surface area contributed by atoms with Gasteiger partial charge >= 0.3 is 0 Å². The highest BCUT2D eigenvalue weighted by Gasteiger charge is 2.57. The zero-order valence-corrected chi connectivity index (χ0v) is 10.5. The van der Waals surface area contributed by atoms with Crippen molar-refractivity contribution in [2.75, 3.05) is 0 Å². The molecule has 19 heavy (non-hydrogen) atoms. The molecule has 2 bridgehead atoms. The van der Waals surface area contributed by atoms with Gasteiger partial charge in [0.2, 0.25) is 0 Å². The normalized spacial score (nSPS) is 33.2. The molecule has 0 aliphatic heterocycles. The molecule has 0 heterocycles. The number of hydrogen-bond donors (Lipinski definition) is 0. The van der Waals surface area contributed by atoms with Gasteiger partial charge in [-0.3, -0.25) is 4.79 Å². The van der Waals surface area contributed by atoms with E-state index in [0.29, 0.717) is 23.5 Å². The third kappa shape index (κ3) is 1.02. The van der Waals surface area contributed by atoms with Crippen molar-refractivity contribution in [2.24, 2.45) is 5.92 Å². The van der Waals surface area contributed by atoms with Crippen LogP contribution in [-0.2, 0) is 0 Å². The van der Waals surface area contributed by atoms with E-state index in [9.17, 15) is 4.79 Å². The summed E-state index contributed by atoms with van der Waals surface area (Å²) < 4.78 is 0. The molecule has 0 radical (unpaired) electrons. The van der Waals surface area contributed by atoms with Crippen LogP contribution in [0.2, 0.25) is 0 Å². The van der Waals surface area contributed by atoms with Gasteiger partial charge in [0.05, 0.1) is 0 Å². The van der Waals surface area contributed by atoms with Gasteiger partial charge in [-0.05, 0) is 34.9 Å². The van der Waals surface area contributed by atoms with Crippen molar-refractivity contribution in [1.29, 1.82) is 0 Å². The first-order chi connectivity index (χ1) is 9.36. The van der Waals surface area contributed by atoms with Crippen molar-refractivity contribution >= 4 is 5.78 Å². The van der Waals surface area contributed by atoms with Crippen LogP contribution in [0.1, 0.15) is 51.2 Å². The Hall–Kier alpha value is -1.89. The van der Waals surface area contributed by atoms with Gasteiger partial charge in [-0.25, -0.2) is 0 Å². The number of ketones is 1. The highest BCUT2D eigenvalue weighted by molar-refractivity contribution is 6.04. The van der Waals surface area contributed by atoms with E-state index in [1.165, 1.54) is 23.1 Å². The lowest BCUT2D eigenvalue weighted by Gasteiger charge is -2.26. The van der Waals surface area contributed by atoms with Crippen molar-refractivity contribution in [2.45, 2.75) is 24.2 Å². The summed E-state index contributed by atoms with van der Waals surface area (Å²) in [6, 6.07) is 17.0. The summed E-state index contributed by atoms with van der Waals surface area (Å²) in [6.07, 6.45) is 1.18. The molecule has 0 saturated heterocycles. The molecule has 0 amide bonds. The van der Waals surface area contributed by atoms with Crippen LogP contribution in [-0.4, -0.2) is 5.78 Å². The van der Waals surface area contributed by atoms with E-state index >= 15 is 0 Å². The van der Waals surface area contributed by atoms with E-state index < -0.39 is 0 Å². The van der Waals surface area contributed by atoms with Gasteiger partial charge in [-0.15, -0.1) is 0 Å². The fourth-order valence-electron chi connectivity index (χ4n) is 4.84. The summed E-state index contributed by atoms with van der Waals surface area (Å²) in [5.41, 5.74) is 5.23. The average molecular weight is 246 g/mol. The van der Waals surface area contributed by atoms with Crippen LogP contribution in [0.3, 0.4) is 0 Å². The van der Waals surface area contributed by atoms with E-state index in [1.54, 1.807) is 0 Å². The van der Waals surface area contributed by atoms with Gasteiger partial charge in [-0.1, -0.05) is 48.5 Å². The fraction of sp³-hybridized carbons (Fsp3) is 0.278. The van der Waals surface area contributed by atoms with Crippen LogP contribution in [0.5, 0.6) is 0 Å². The Morgan fingerprint density at radius 2 is 1.32 bits per heavy atom. The Balaban J connectivity index is 1.76. The largest absolute Gasteiger partial charge is 0.294 e. The van der Waals surface area contributed by atoms with E-state index in [1.807, 2.05) is 12.1 Å². The maximum Gasteiger partial charge on any atom is 0.167 e. The van der Waals surface area contributed by atoms with E-state index in [-0.39, 0.29) is 5.92 Å². The maximum atomic E-state index is 12.7. The number of carbonyl (C=O) groups excluding carboxylic acids is 1. The second-order valence-corrected chi connectivity index (χ2v) is 6.08. The molecule has 0 aromatic heterocycles. The molecule has 2 unspecified atom stereocenters. The monoisotopic (exact) mass is 246 g/mol. The van der Waals surface area contributed by atoms with Gasteiger partial charge in [0.25, 0.3) is 0 Å². The average Bonchev–Trinajstić information content (AvgIpc) is 3.10. The van der Waals surface area contributed by atoms with Crippen LogP contribution < -0.4 is 0 Å². The molecule has 3 aliphatic carbocycles. The second-order valence-electron chi connectivity index (χ2n) is 6.08. The zero-order valence-electron chi connectivity index (χ0n) is 10.5. The molecule has 1 nitrogen and oxygen atoms in total. The lowest BCUT2D eigenvalue weighted by molar-refractivity contribution is 0.0918. The van der Waals surface area contributed by atoms with Gasteiger partial charge in [0, 0.05) is 17.4 Å². The Morgan fingerprint density at radius 1 is 0.737 bits per heavy atom. The van der Waals surface area contributed by atoms with Gasteiger partial charge in [0.1, 0.15) is 0 Å². The predicted octanol–water partition coefficient (Wildman–Crippen LogP) is 3.87. The van der Waals surface area contributed by atoms with Crippen LogP contribution in [0, 0.1) is 5.92 Å². The highest BCUT2D eigenvalue weighted by Crippen LogP contribution is 2.66.